The number of rotatable bonds is 1. The van der Waals surface area contributed by atoms with Crippen LogP contribution in [-0.4, -0.2) is 4.98 Å². The van der Waals surface area contributed by atoms with Crippen LogP contribution in [0.25, 0.3) is 9.88 Å². The zero-order valence-corrected chi connectivity index (χ0v) is 8.76. The van der Waals surface area contributed by atoms with E-state index in [1.54, 1.807) is 22.7 Å². The summed E-state index contributed by atoms with van der Waals surface area (Å²) in [4.78, 5) is 5.52. The van der Waals surface area contributed by atoms with E-state index in [-0.39, 0.29) is 0 Å². The van der Waals surface area contributed by atoms with Gasteiger partial charge in [0.2, 0.25) is 0 Å². The van der Waals surface area contributed by atoms with E-state index in [0.717, 1.165) is 19.9 Å². The van der Waals surface area contributed by atoms with E-state index in [0.29, 0.717) is 0 Å². The molecule has 2 aromatic heterocycles. The number of hydrogen-bond donors (Lipinski definition) is 0. The van der Waals surface area contributed by atoms with Gasteiger partial charge in [0.1, 0.15) is 5.01 Å². The van der Waals surface area contributed by atoms with Crippen molar-refractivity contribution in [2.45, 2.75) is 6.92 Å². The van der Waals surface area contributed by atoms with E-state index >= 15 is 0 Å². The third-order valence-electron chi connectivity index (χ3n) is 1.40. The minimum Gasteiger partial charge on any atom is -0.241 e. The monoisotopic (exact) mass is 215 g/mol. The van der Waals surface area contributed by atoms with Gasteiger partial charge in [-0.15, -0.1) is 22.7 Å². The summed E-state index contributed by atoms with van der Waals surface area (Å²) in [6, 6.07) is 3.91. The van der Waals surface area contributed by atoms with Crippen molar-refractivity contribution >= 4 is 34.3 Å². The van der Waals surface area contributed by atoms with Crippen molar-refractivity contribution in [3.63, 3.8) is 0 Å². The molecule has 0 aliphatic rings. The highest BCUT2D eigenvalue weighted by Gasteiger charge is 2.04. The lowest BCUT2D eigenvalue weighted by Crippen LogP contribution is -1.69. The van der Waals surface area contributed by atoms with E-state index in [1.807, 2.05) is 24.4 Å². The third kappa shape index (κ3) is 1.53. The molecule has 0 fully saturated rings. The van der Waals surface area contributed by atoms with Gasteiger partial charge in [0.05, 0.1) is 9.21 Å². The molecule has 0 aliphatic carbocycles. The Bertz CT molecular complexity index is 353. The average Bonchev–Trinajstić information content (AvgIpc) is 2.58. The molecule has 0 amide bonds. The Morgan fingerprint density at radius 2 is 2.25 bits per heavy atom. The summed E-state index contributed by atoms with van der Waals surface area (Å²) in [6.07, 6.45) is 0. The second-order valence-electron chi connectivity index (χ2n) is 2.40. The van der Waals surface area contributed by atoms with Gasteiger partial charge in [-0.1, -0.05) is 11.6 Å². The summed E-state index contributed by atoms with van der Waals surface area (Å²) in [5.41, 5.74) is 1.07. The lowest BCUT2D eigenvalue weighted by atomic mass is 10.5. The molecule has 0 atom stereocenters. The van der Waals surface area contributed by atoms with Crippen molar-refractivity contribution in [2.24, 2.45) is 0 Å². The molecule has 12 heavy (non-hydrogen) atoms. The number of halogens is 1. The fourth-order valence-electron chi connectivity index (χ4n) is 0.896. The Morgan fingerprint density at radius 3 is 2.75 bits per heavy atom. The van der Waals surface area contributed by atoms with Crippen LogP contribution in [0.5, 0.6) is 0 Å². The standard InChI is InChI=1S/C8H6ClNS2/c1-5-4-11-8(10-5)6-2-3-7(9)12-6/h2-4H,1H3. The Kier molecular flexibility index (Phi) is 2.17. The maximum absolute atomic E-state index is 5.81. The predicted molar refractivity (Wildman–Crippen MR) is 55.2 cm³/mol. The van der Waals surface area contributed by atoms with Gasteiger partial charge in [-0.2, -0.15) is 0 Å². The Balaban J connectivity index is 2.43. The van der Waals surface area contributed by atoms with Crippen molar-refractivity contribution in [3.8, 4) is 9.88 Å². The number of nitrogens with zero attached hydrogens (tertiary/aromatic N) is 1. The zero-order valence-electron chi connectivity index (χ0n) is 6.37. The highest BCUT2D eigenvalue weighted by Crippen LogP contribution is 2.32. The number of aromatic nitrogens is 1. The van der Waals surface area contributed by atoms with Gasteiger partial charge in [0.25, 0.3) is 0 Å². The Morgan fingerprint density at radius 1 is 1.42 bits per heavy atom. The zero-order chi connectivity index (χ0) is 8.55. The first kappa shape index (κ1) is 8.23. The largest absolute Gasteiger partial charge is 0.241 e. The van der Waals surface area contributed by atoms with E-state index in [1.165, 1.54) is 0 Å². The lowest BCUT2D eigenvalue weighted by molar-refractivity contribution is 1.27. The minimum atomic E-state index is 0.817. The van der Waals surface area contributed by atoms with Crippen LogP contribution in [0.1, 0.15) is 5.69 Å². The first-order chi connectivity index (χ1) is 5.75. The van der Waals surface area contributed by atoms with Crippen molar-refractivity contribution in [3.05, 3.63) is 27.5 Å². The molecule has 4 heteroatoms. The molecule has 0 saturated heterocycles. The molecule has 2 rings (SSSR count). The molecule has 0 saturated carbocycles. The summed E-state index contributed by atoms with van der Waals surface area (Å²) in [5.74, 6) is 0. The average molecular weight is 216 g/mol. The normalized spacial score (nSPS) is 10.5. The van der Waals surface area contributed by atoms with Gasteiger partial charge in [0.15, 0.2) is 0 Å². The van der Waals surface area contributed by atoms with E-state index in [9.17, 15) is 0 Å². The minimum absolute atomic E-state index is 0.817. The molecule has 0 unspecified atom stereocenters. The molecular weight excluding hydrogens is 210 g/mol. The van der Waals surface area contributed by atoms with Gasteiger partial charge in [-0.05, 0) is 19.1 Å². The molecule has 0 N–H and O–H groups in total. The molecule has 2 heterocycles. The maximum Gasteiger partial charge on any atom is 0.133 e. The maximum atomic E-state index is 5.81. The van der Waals surface area contributed by atoms with Crippen LogP contribution < -0.4 is 0 Å². The SMILES string of the molecule is Cc1csc(-c2ccc(Cl)s2)n1. The fraction of sp³-hybridized carbons (Fsp3) is 0.125. The summed E-state index contributed by atoms with van der Waals surface area (Å²) in [6.45, 7) is 2.00. The van der Waals surface area contributed by atoms with Crippen LogP contribution in [-0.2, 0) is 0 Å². The topological polar surface area (TPSA) is 12.9 Å². The molecule has 0 spiro atoms. The smallest absolute Gasteiger partial charge is 0.133 e. The van der Waals surface area contributed by atoms with Crippen LogP contribution in [0.4, 0.5) is 0 Å². The molecular formula is C8H6ClNS2. The third-order valence-corrected chi connectivity index (χ3v) is 3.76. The van der Waals surface area contributed by atoms with Crippen molar-refractivity contribution in [1.82, 2.24) is 4.98 Å². The number of aryl methyl sites for hydroxylation is 1. The molecule has 0 bridgehead atoms. The summed E-state index contributed by atoms with van der Waals surface area (Å²) in [5, 5.41) is 3.10. The highest BCUT2D eigenvalue weighted by molar-refractivity contribution is 7.23. The van der Waals surface area contributed by atoms with Gasteiger partial charge in [-0.25, -0.2) is 4.98 Å². The molecule has 1 nitrogen and oxygen atoms in total. The van der Waals surface area contributed by atoms with Crippen LogP contribution in [0.2, 0.25) is 4.34 Å². The van der Waals surface area contributed by atoms with E-state index in [2.05, 4.69) is 4.98 Å². The van der Waals surface area contributed by atoms with Crippen LogP contribution in [0.15, 0.2) is 17.5 Å². The number of thiophene rings is 1. The molecule has 0 radical (unpaired) electrons. The van der Waals surface area contributed by atoms with Crippen molar-refractivity contribution in [1.29, 1.82) is 0 Å². The number of hydrogen-bond acceptors (Lipinski definition) is 3. The van der Waals surface area contributed by atoms with Gasteiger partial charge in [0, 0.05) is 11.1 Å². The van der Waals surface area contributed by atoms with Crippen LogP contribution in [0.3, 0.4) is 0 Å². The van der Waals surface area contributed by atoms with Gasteiger partial charge in [-0.3, -0.25) is 0 Å². The van der Waals surface area contributed by atoms with E-state index in [4.69, 9.17) is 11.6 Å². The molecule has 2 aromatic rings. The Hall–Kier alpha value is -0.380. The van der Waals surface area contributed by atoms with Crippen molar-refractivity contribution < 1.29 is 0 Å². The molecule has 62 valence electrons. The van der Waals surface area contributed by atoms with E-state index < -0.39 is 0 Å². The quantitative estimate of drug-likeness (QED) is 0.705. The van der Waals surface area contributed by atoms with Crippen LogP contribution >= 0.6 is 34.3 Å². The second kappa shape index (κ2) is 3.17. The Labute approximate surface area is 83.7 Å². The first-order valence-electron chi connectivity index (χ1n) is 3.43. The predicted octanol–water partition coefficient (Wildman–Crippen LogP) is 3.83. The fourth-order valence-corrected chi connectivity index (χ4v) is 2.81. The lowest BCUT2D eigenvalue weighted by Gasteiger charge is -1.85. The highest BCUT2D eigenvalue weighted by atomic mass is 35.5. The molecule has 0 aromatic carbocycles. The van der Waals surface area contributed by atoms with Crippen molar-refractivity contribution in [2.75, 3.05) is 0 Å². The first-order valence-corrected chi connectivity index (χ1v) is 5.51. The summed E-state index contributed by atoms with van der Waals surface area (Å²) >= 11 is 9.04. The van der Waals surface area contributed by atoms with Gasteiger partial charge < -0.3 is 0 Å². The van der Waals surface area contributed by atoms with Crippen LogP contribution in [0, 0.1) is 6.92 Å². The number of thiazole rings is 1. The summed E-state index contributed by atoms with van der Waals surface area (Å²) < 4.78 is 0.817. The second-order valence-corrected chi connectivity index (χ2v) is 4.97. The molecule has 0 aliphatic heterocycles. The summed E-state index contributed by atoms with van der Waals surface area (Å²) in [7, 11) is 0. The van der Waals surface area contributed by atoms with Gasteiger partial charge >= 0.3 is 0 Å².